The maximum Gasteiger partial charge on any atom is 0.248 e. The molecule has 2 aliphatic heterocycles. The third-order valence-electron chi connectivity index (χ3n) is 6.85. The highest BCUT2D eigenvalue weighted by atomic mass is 19.1. The van der Waals surface area contributed by atoms with Crippen LogP contribution < -0.4 is 15.2 Å². The summed E-state index contributed by atoms with van der Waals surface area (Å²) in [6.07, 6.45) is -0.432. The number of phenolic OH excluding ortho intramolecular Hbond substituents is 1. The van der Waals surface area contributed by atoms with Gasteiger partial charge in [0.2, 0.25) is 5.91 Å². The number of hydrogen-bond acceptors (Lipinski definition) is 5. The predicted molar refractivity (Wildman–Crippen MR) is 137 cm³/mol. The number of nitrogens with two attached hydrogens (primary N) is 1. The minimum absolute atomic E-state index is 0.153. The van der Waals surface area contributed by atoms with Crippen LogP contribution in [0, 0.1) is 5.92 Å². The van der Waals surface area contributed by atoms with E-state index >= 15 is 0 Å². The smallest absolute Gasteiger partial charge is 0.248 e. The summed E-state index contributed by atoms with van der Waals surface area (Å²) < 4.78 is 24.9. The largest absolute Gasteiger partial charge is 0.508 e. The standard InChI is InChI=1S/C29H29FN2O4/c1-18-25-14-23(33)7-10-26(25)36-28(27(18)21-3-2-4-22(13-21)29(31)34)20-5-8-24(9-6-20)35-12-11-32-16-19(15-30)17-32/h2-10,13-14,19,28,33H,11-12,15-17H2,1H3,(H2,31,34)/t28-/m1/s1. The lowest BCUT2D eigenvalue weighted by atomic mass is 9.85. The number of halogens is 1. The highest BCUT2D eigenvalue weighted by Crippen LogP contribution is 2.47. The monoisotopic (exact) mass is 488 g/mol. The lowest BCUT2D eigenvalue weighted by Gasteiger charge is -2.37. The highest BCUT2D eigenvalue weighted by molar-refractivity contribution is 5.98. The molecule has 0 radical (unpaired) electrons. The van der Waals surface area contributed by atoms with Gasteiger partial charge in [-0.05, 0) is 66.1 Å². The third kappa shape index (κ3) is 4.79. The zero-order valence-corrected chi connectivity index (χ0v) is 20.1. The number of carbonyl (C=O) groups excluding carboxylic acids is 1. The number of likely N-dealkylation sites (tertiary alicyclic amines) is 1. The van der Waals surface area contributed by atoms with Gasteiger partial charge in [0, 0.05) is 42.3 Å². The van der Waals surface area contributed by atoms with E-state index in [2.05, 4.69) is 4.90 Å². The van der Waals surface area contributed by atoms with Crippen LogP contribution in [0.2, 0.25) is 0 Å². The van der Waals surface area contributed by atoms with Gasteiger partial charge in [-0.15, -0.1) is 0 Å². The van der Waals surface area contributed by atoms with Gasteiger partial charge in [-0.2, -0.15) is 0 Å². The number of hydrogen-bond donors (Lipinski definition) is 2. The molecule has 2 heterocycles. The fourth-order valence-electron chi connectivity index (χ4n) is 4.87. The molecule has 6 nitrogen and oxygen atoms in total. The Hall–Kier alpha value is -3.84. The van der Waals surface area contributed by atoms with Crippen molar-refractivity contribution in [2.75, 3.05) is 32.9 Å². The first-order chi connectivity index (χ1) is 17.4. The van der Waals surface area contributed by atoms with Crippen LogP contribution in [-0.4, -0.2) is 48.8 Å². The van der Waals surface area contributed by atoms with Crippen molar-refractivity contribution in [1.82, 2.24) is 4.90 Å². The quantitative estimate of drug-likeness (QED) is 0.474. The molecule has 36 heavy (non-hydrogen) atoms. The molecule has 5 rings (SSSR count). The molecular formula is C29H29FN2O4. The van der Waals surface area contributed by atoms with Crippen LogP contribution in [0.1, 0.15) is 40.1 Å². The van der Waals surface area contributed by atoms with E-state index in [1.54, 1.807) is 36.4 Å². The van der Waals surface area contributed by atoms with Crippen LogP contribution in [0.4, 0.5) is 4.39 Å². The van der Waals surface area contributed by atoms with Gasteiger partial charge >= 0.3 is 0 Å². The number of benzene rings is 3. The normalized spacial score (nSPS) is 17.8. The van der Waals surface area contributed by atoms with Gasteiger partial charge in [-0.25, -0.2) is 0 Å². The molecule has 1 amide bonds. The molecule has 7 heteroatoms. The van der Waals surface area contributed by atoms with Crippen molar-refractivity contribution in [3.05, 3.63) is 89.0 Å². The number of aromatic hydroxyl groups is 1. The van der Waals surface area contributed by atoms with Crippen molar-refractivity contribution >= 4 is 17.1 Å². The molecule has 1 saturated heterocycles. The number of amides is 1. The molecule has 186 valence electrons. The van der Waals surface area contributed by atoms with Crippen LogP contribution >= 0.6 is 0 Å². The van der Waals surface area contributed by atoms with Crippen molar-refractivity contribution in [3.8, 4) is 17.2 Å². The van der Waals surface area contributed by atoms with E-state index in [0.29, 0.717) is 17.9 Å². The molecule has 3 aromatic carbocycles. The number of primary amides is 1. The number of fused-ring (bicyclic) bond motifs is 1. The summed E-state index contributed by atoms with van der Waals surface area (Å²) in [5.74, 6) is 1.25. The summed E-state index contributed by atoms with van der Waals surface area (Å²) in [6, 6.07) is 20.0. The van der Waals surface area contributed by atoms with Crippen molar-refractivity contribution in [3.63, 3.8) is 0 Å². The number of carbonyl (C=O) groups is 1. The van der Waals surface area contributed by atoms with E-state index in [9.17, 15) is 14.3 Å². The predicted octanol–water partition coefficient (Wildman–Crippen LogP) is 4.84. The minimum atomic E-state index is -0.499. The maximum atomic E-state index is 12.6. The van der Waals surface area contributed by atoms with Crippen molar-refractivity contribution in [1.29, 1.82) is 0 Å². The Kier molecular flexibility index (Phi) is 6.65. The van der Waals surface area contributed by atoms with E-state index in [1.807, 2.05) is 37.3 Å². The van der Waals surface area contributed by atoms with E-state index in [4.69, 9.17) is 15.2 Å². The van der Waals surface area contributed by atoms with E-state index in [0.717, 1.165) is 53.2 Å². The molecule has 1 fully saturated rings. The number of allylic oxidation sites excluding steroid dienone is 1. The molecule has 0 bridgehead atoms. The first-order valence-electron chi connectivity index (χ1n) is 12.0. The number of rotatable bonds is 8. The average Bonchev–Trinajstić information content (AvgIpc) is 2.86. The van der Waals surface area contributed by atoms with E-state index in [1.165, 1.54) is 0 Å². The SMILES string of the molecule is CC1=C(c2cccc(C(N)=O)c2)[C@@H](c2ccc(OCCN3CC(CF)C3)cc2)Oc2ccc(O)cc21. The first kappa shape index (κ1) is 23.9. The van der Waals surface area contributed by atoms with E-state index in [-0.39, 0.29) is 18.3 Å². The lowest BCUT2D eigenvalue weighted by Crippen LogP contribution is -2.49. The Morgan fingerprint density at radius 3 is 2.64 bits per heavy atom. The molecule has 0 aliphatic carbocycles. The van der Waals surface area contributed by atoms with Crippen LogP contribution in [0.5, 0.6) is 17.2 Å². The summed E-state index contributed by atoms with van der Waals surface area (Å²) >= 11 is 0. The van der Waals surface area contributed by atoms with Crippen LogP contribution in [0.15, 0.2) is 66.7 Å². The fraction of sp³-hybridized carbons (Fsp3) is 0.276. The van der Waals surface area contributed by atoms with Gasteiger partial charge in [0.1, 0.15) is 30.0 Å². The highest BCUT2D eigenvalue weighted by Gasteiger charge is 2.30. The minimum Gasteiger partial charge on any atom is -0.508 e. The Bertz CT molecular complexity index is 1300. The second-order valence-corrected chi connectivity index (χ2v) is 9.36. The Balaban J connectivity index is 1.41. The molecule has 0 saturated carbocycles. The number of alkyl halides is 1. The van der Waals surface area contributed by atoms with Gasteiger partial charge in [0.15, 0.2) is 0 Å². The van der Waals surface area contributed by atoms with Crippen molar-refractivity contribution < 1.29 is 23.8 Å². The van der Waals surface area contributed by atoms with Crippen molar-refractivity contribution in [2.45, 2.75) is 13.0 Å². The fourth-order valence-corrected chi connectivity index (χ4v) is 4.87. The van der Waals surface area contributed by atoms with Crippen molar-refractivity contribution in [2.24, 2.45) is 11.7 Å². The number of phenols is 1. The van der Waals surface area contributed by atoms with Gasteiger partial charge in [-0.3, -0.25) is 14.1 Å². The summed E-state index contributed by atoms with van der Waals surface area (Å²) in [4.78, 5) is 14.0. The lowest BCUT2D eigenvalue weighted by molar-refractivity contribution is 0.0668. The summed E-state index contributed by atoms with van der Waals surface area (Å²) in [6.45, 7) is 4.64. The van der Waals surface area contributed by atoms with Gasteiger partial charge in [0.05, 0.1) is 6.67 Å². The molecular weight excluding hydrogens is 459 g/mol. The molecule has 0 aromatic heterocycles. The first-order valence-corrected chi connectivity index (χ1v) is 12.0. The third-order valence-corrected chi connectivity index (χ3v) is 6.85. The zero-order chi connectivity index (χ0) is 25.2. The van der Waals surface area contributed by atoms with E-state index < -0.39 is 12.0 Å². The average molecular weight is 489 g/mol. The summed E-state index contributed by atoms with van der Waals surface area (Å²) in [7, 11) is 0. The topological polar surface area (TPSA) is 85.0 Å². The molecule has 0 unspecified atom stereocenters. The van der Waals surface area contributed by atoms with Gasteiger partial charge in [-0.1, -0.05) is 24.3 Å². The Morgan fingerprint density at radius 1 is 1.14 bits per heavy atom. The van der Waals surface area contributed by atoms with Gasteiger partial charge < -0.3 is 20.3 Å². The summed E-state index contributed by atoms with van der Waals surface area (Å²) in [5.41, 5.74) is 10.3. The summed E-state index contributed by atoms with van der Waals surface area (Å²) in [5, 5.41) is 10.1. The molecule has 3 N–H and O–H groups in total. The molecule has 1 atom stereocenters. The van der Waals surface area contributed by atoms with Crippen LogP contribution in [0.3, 0.4) is 0 Å². The second kappa shape index (κ2) is 10.0. The molecule has 0 spiro atoms. The second-order valence-electron chi connectivity index (χ2n) is 9.36. The van der Waals surface area contributed by atoms with Crippen LogP contribution in [0.25, 0.3) is 11.1 Å². The van der Waals surface area contributed by atoms with Gasteiger partial charge in [0.25, 0.3) is 0 Å². The molecule has 2 aliphatic rings. The van der Waals surface area contributed by atoms with Crippen LogP contribution in [-0.2, 0) is 0 Å². The number of nitrogens with zero attached hydrogens (tertiary/aromatic N) is 1. The maximum absolute atomic E-state index is 12.6. The Morgan fingerprint density at radius 2 is 1.92 bits per heavy atom. The Labute approximate surface area is 209 Å². The molecule has 3 aromatic rings. The zero-order valence-electron chi connectivity index (χ0n) is 20.1. The number of ether oxygens (including phenoxy) is 2.